The van der Waals surface area contributed by atoms with Crippen LogP contribution in [0.1, 0.15) is 19.8 Å². The molecule has 6 heteroatoms. The van der Waals surface area contributed by atoms with Crippen LogP contribution in [-0.2, 0) is 14.2 Å². The topological polar surface area (TPSA) is 55.0 Å². The quantitative estimate of drug-likeness (QED) is 0.425. The fourth-order valence-corrected chi connectivity index (χ4v) is 2.24. The van der Waals surface area contributed by atoms with Gasteiger partial charge in [0.1, 0.15) is 0 Å². The fourth-order valence-electron chi connectivity index (χ4n) is 2.24. The van der Waals surface area contributed by atoms with Crippen LogP contribution in [0.25, 0.3) is 0 Å². The van der Waals surface area contributed by atoms with Crippen molar-refractivity contribution < 1.29 is 14.2 Å². The number of rotatable bonds is 15. The Hall–Kier alpha value is -0.240. The van der Waals surface area contributed by atoms with E-state index in [4.69, 9.17) is 14.2 Å². The standard InChI is InChI=1S/C16H35N3O3/c1-2-3-4-17-7-11-20-13-15-22-16-14-21-12-10-19-8-5-18-6-9-19/h17-18H,2-16H2,1H3. The number of nitrogens with zero attached hydrogens (tertiary/aromatic N) is 1. The largest absolute Gasteiger partial charge is 0.378 e. The Kier molecular flexibility index (Phi) is 14.1. The molecule has 0 spiro atoms. The molecule has 1 heterocycles. The van der Waals surface area contributed by atoms with E-state index in [1.54, 1.807) is 0 Å². The third kappa shape index (κ3) is 12.3. The maximum Gasteiger partial charge on any atom is 0.0701 e. The summed E-state index contributed by atoms with van der Waals surface area (Å²) in [5.74, 6) is 0. The van der Waals surface area contributed by atoms with Crippen LogP contribution in [0.15, 0.2) is 0 Å². The Labute approximate surface area is 135 Å². The van der Waals surface area contributed by atoms with Gasteiger partial charge in [-0.3, -0.25) is 4.90 Å². The van der Waals surface area contributed by atoms with Crippen molar-refractivity contribution in [3.05, 3.63) is 0 Å². The molecule has 1 aliphatic heterocycles. The van der Waals surface area contributed by atoms with Gasteiger partial charge in [0.2, 0.25) is 0 Å². The van der Waals surface area contributed by atoms with Crippen LogP contribution in [0.2, 0.25) is 0 Å². The highest BCUT2D eigenvalue weighted by atomic mass is 16.5. The molecule has 0 saturated carbocycles. The SMILES string of the molecule is CCCCNCCOCCOCCOCCN1CCNCC1. The first-order valence-electron chi connectivity index (χ1n) is 8.80. The van der Waals surface area contributed by atoms with Crippen LogP contribution in [0.5, 0.6) is 0 Å². The van der Waals surface area contributed by atoms with E-state index < -0.39 is 0 Å². The Balaban J connectivity index is 1.68. The minimum absolute atomic E-state index is 0.649. The lowest BCUT2D eigenvalue weighted by Gasteiger charge is -2.26. The van der Waals surface area contributed by atoms with Gasteiger partial charge in [0.05, 0.1) is 39.6 Å². The molecule has 0 unspecified atom stereocenters. The summed E-state index contributed by atoms with van der Waals surface area (Å²) in [6.45, 7) is 13.9. The summed E-state index contributed by atoms with van der Waals surface area (Å²) in [6, 6.07) is 0. The van der Waals surface area contributed by atoms with E-state index in [2.05, 4.69) is 22.5 Å². The zero-order valence-electron chi connectivity index (χ0n) is 14.3. The third-order valence-electron chi connectivity index (χ3n) is 3.64. The first kappa shape index (κ1) is 19.8. The Morgan fingerprint density at radius 3 is 2.18 bits per heavy atom. The van der Waals surface area contributed by atoms with Gasteiger partial charge in [-0.2, -0.15) is 0 Å². The molecular formula is C16H35N3O3. The van der Waals surface area contributed by atoms with Gasteiger partial charge in [0.15, 0.2) is 0 Å². The summed E-state index contributed by atoms with van der Waals surface area (Å²) in [4.78, 5) is 2.43. The number of nitrogens with one attached hydrogen (secondary N) is 2. The molecule has 22 heavy (non-hydrogen) atoms. The highest BCUT2D eigenvalue weighted by molar-refractivity contribution is 4.66. The van der Waals surface area contributed by atoms with E-state index in [1.165, 1.54) is 12.8 Å². The number of hydrogen-bond acceptors (Lipinski definition) is 6. The van der Waals surface area contributed by atoms with Gasteiger partial charge in [-0.15, -0.1) is 0 Å². The van der Waals surface area contributed by atoms with Crippen molar-refractivity contribution >= 4 is 0 Å². The Bertz CT molecular complexity index is 227. The number of ether oxygens (including phenoxy) is 3. The lowest BCUT2D eigenvalue weighted by Crippen LogP contribution is -2.44. The van der Waals surface area contributed by atoms with E-state index in [0.717, 1.165) is 59.0 Å². The normalized spacial score (nSPS) is 16.2. The van der Waals surface area contributed by atoms with Crippen molar-refractivity contribution in [3.8, 4) is 0 Å². The highest BCUT2D eigenvalue weighted by Crippen LogP contribution is 1.91. The van der Waals surface area contributed by atoms with Crippen LogP contribution in [0, 0.1) is 0 Å². The molecular weight excluding hydrogens is 282 g/mol. The molecule has 6 nitrogen and oxygen atoms in total. The molecule has 132 valence electrons. The van der Waals surface area contributed by atoms with E-state index in [0.29, 0.717) is 26.4 Å². The fraction of sp³-hybridized carbons (Fsp3) is 1.00. The second-order valence-corrected chi connectivity index (χ2v) is 5.53. The average Bonchev–Trinajstić information content (AvgIpc) is 2.56. The lowest BCUT2D eigenvalue weighted by molar-refractivity contribution is 0.0106. The number of piperazine rings is 1. The van der Waals surface area contributed by atoms with Crippen LogP contribution in [-0.4, -0.2) is 90.4 Å². The van der Waals surface area contributed by atoms with Crippen molar-refractivity contribution in [2.24, 2.45) is 0 Å². The molecule has 0 aliphatic carbocycles. The van der Waals surface area contributed by atoms with Crippen molar-refractivity contribution in [2.75, 3.05) is 85.5 Å². The molecule has 0 aromatic heterocycles. The van der Waals surface area contributed by atoms with Gasteiger partial charge in [0, 0.05) is 39.3 Å². The Morgan fingerprint density at radius 2 is 1.50 bits per heavy atom. The molecule has 0 aromatic carbocycles. The first-order valence-corrected chi connectivity index (χ1v) is 8.80. The predicted molar refractivity (Wildman–Crippen MR) is 89.5 cm³/mol. The summed E-state index contributed by atoms with van der Waals surface area (Å²) in [5.41, 5.74) is 0. The van der Waals surface area contributed by atoms with Crippen LogP contribution in [0.3, 0.4) is 0 Å². The van der Waals surface area contributed by atoms with Crippen molar-refractivity contribution in [2.45, 2.75) is 19.8 Å². The molecule has 1 rings (SSSR count). The van der Waals surface area contributed by atoms with Crippen LogP contribution >= 0.6 is 0 Å². The van der Waals surface area contributed by atoms with E-state index >= 15 is 0 Å². The third-order valence-corrected chi connectivity index (χ3v) is 3.64. The summed E-state index contributed by atoms with van der Waals surface area (Å²) >= 11 is 0. The van der Waals surface area contributed by atoms with Gasteiger partial charge in [-0.05, 0) is 13.0 Å². The average molecular weight is 317 g/mol. The minimum atomic E-state index is 0.649. The van der Waals surface area contributed by atoms with Crippen LogP contribution in [0.4, 0.5) is 0 Å². The maximum absolute atomic E-state index is 5.58. The van der Waals surface area contributed by atoms with E-state index in [-0.39, 0.29) is 0 Å². The summed E-state index contributed by atoms with van der Waals surface area (Å²) in [6.07, 6.45) is 2.47. The van der Waals surface area contributed by atoms with Gasteiger partial charge < -0.3 is 24.8 Å². The smallest absolute Gasteiger partial charge is 0.0701 e. The maximum atomic E-state index is 5.58. The Morgan fingerprint density at radius 1 is 0.864 bits per heavy atom. The summed E-state index contributed by atoms with van der Waals surface area (Å²) in [5, 5.41) is 6.69. The van der Waals surface area contributed by atoms with Gasteiger partial charge in [0.25, 0.3) is 0 Å². The van der Waals surface area contributed by atoms with E-state index in [1.807, 2.05) is 0 Å². The first-order chi connectivity index (χ1) is 10.9. The molecule has 0 atom stereocenters. The number of unbranched alkanes of at least 4 members (excludes halogenated alkanes) is 1. The van der Waals surface area contributed by atoms with Crippen LogP contribution < -0.4 is 10.6 Å². The zero-order valence-corrected chi connectivity index (χ0v) is 14.3. The second kappa shape index (κ2) is 15.6. The number of hydrogen-bond donors (Lipinski definition) is 2. The zero-order chi connectivity index (χ0) is 15.7. The molecule has 0 radical (unpaired) electrons. The van der Waals surface area contributed by atoms with Crippen molar-refractivity contribution in [1.82, 2.24) is 15.5 Å². The van der Waals surface area contributed by atoms with E-state index in [9.17, 15) is 0 Å². The molecule has 2 N–H and O–H groups in total. The molecule has 1 fully saturated rings. The lowest BCUT2D eigenvalue weighted by atomic mass is 10.3. The monoisotopic (exact) mass is 317 g/mol. The van der Waals surface area contributed by atoms with Gasteiger partial charge in [-0.1, -0.05) is 13.3 Å². The summed E-state index contributed by atoms with van der Waals surface area (Å²) < 4.78 is 16.5. The van der Waals surface area contributed by atoms with Crippen molar-refractivity contribution in [3.63, 3.8) is 0 Å². The molecule has 1 aliphatic rings. The summed E-state index contributed by atoms with van der Waals surface area (Å²) in [7, 11) is 0. The second-order valence-electron chi connectivity index (χ2n) is 5.53. The highest BCUT2D eigenvalue weighted by Gasteiger charge is 2.08. The molecule has 0 aromatic rings. The predicted octanol–water partition coefficient (Wildman–Crippen LogP) is 0.331. The van der Waals surface area contributed by atoms with Gasteiger partial charge in [-0.25, -0.2) is 0 Å². The molecule has 1 saturated heterocycles. The van der Waals surface area contributed by atoms with Crippen molar-refractivity contribution in [1.29, 1.82) is 0 Å². The molecule has 0 bridgehead atoms. The minimum Gasteiger partial charge on any atom is -0.378 e. The van der Waals surface area contributed by atoms with Gasteiger partial charge >= 0.3 is 0 Å². The molecule has 0 amide bonds.